The van der Waals surface area contributed by atoms with Crippen LogP contribution in [0.25, 0.3) is 0 Å². The highest BCUT2D eigenvalue weighted by Gasteiger charge is 2.68. The van der Waals surface area contributed by atoms with E-state index >= 15 is 0 Å². The molecule has 3 aliphatic carbocycles. The van der Waals surface area contributed by atoms with Crippen molar-refractivity contribution in [3.05, 3.63) is 101 Å². The Balaban J connectivity index is 1.59. The number of anilines is 1. The fourth-order valence-corrected chi connectivity index (χ4v) is 6.14. The standard InChI is InChI=1S/C26H19NO4/c1-26-21-18-11-4-2-9-16(18)20(17-10-3-5-12-19(17)21)22(26)23(28)27(25(26)31)15-8-6-7-14(13-15)24(29)30/h2-13,20-22H,1H3,(H,29,30)/t20?,21?,22-,26+/m0/s1. The Labute approximate surface area is 178 Å². The van der Waals surface area contributed by atoms with Gasteiger partial charge in [0.15, 0.2) is 0 Å². The van der Waals surface area contributed by atoms with Crippen molar-refractivity contribution in [2.24, 2.45) is 11.3 Å². The average molecular weight is 409 g/mol. The molecule has 3 aromatic carbocycles. The van der Waals surface area contributed by atoms with Gasteiger partial charge in [0, 0.05) is 11.8 Å². The van der Waals surface area contributed by atoms with Gasteiger partial charge in [0.25, 0.3) is 0 Å². The summed E-state index contributed by atoms with van der Waals surface area (Å²) in [6, 6.07) is 22.2. The first-order valence-electron chi connectivity index (χ1n) is 10.3. The fourth-order valence-electron chi connectivity index (χ4n) is 6.14. The van der Waals surface area contributed by atoms with Crippen molar-refractivity contribution in [2.75, 3.05) is 4.90 Å². The van der Waals surface area contributed by atoms with Crippen LogP contribution in [0.15, 0.2) is 72.8 Å². The molecule has 0 spiro atoms. The van der Waals surface area contributed by atoms with E-state index in [1.165, 1.54) is 17.0 Å². The van der Waals surface area contributed by atoms with Gasteiger partial charge in [-0.2, -0.15) is 0 Å². The number of carboxylic acid groups (broad SMARTS) is 1. The number of benzene rings is 3. The van der Waals surface area contributed by atoms with Crippen molar-refractivity contribution in [3.63, 3.8) is 0 Å². The summed E-state index contributed by atoms with van der Waals surface area (Å²) < 4.78 is 0. The van der Waals surface area contributed by atoms with Crippen molar-refractivity contribution < 1.29 is 19.5 Å². The Morgan fingerprint density at radius 1 is 0.871 bits per heavy atom. The van der Waals surface area contributed by atoms with Gasteiger partial charge in [0.05, 0.1) is 22.6 Å². The van der Waals surface area contributed by atoms with E-state index in [9.17, 15) is 19.5 Å². The van der Waals surface area contributed by atoms with E-state index in [1.54, 1.807) is 12.1 Å². The number of imide groups is 1. The summed E-state index contributed by atoms with van der Waals surface area (Å²) in [6.07, 6.45) is 0. The summed E-state index contributed by atoms with van der Waals surface area (Å²) in [4.78, 5) is 40.4. The van der Waals surface area contributed by atoms with Crippen LogP contribution < -0.4 is 4.90 Å². The number of rotatable bonds is 2. The predicted molar refractivity (Wildman–Crippen MR) is 114 cm³/mol. The van der Waals surface area contributed by atoms with E-state index in [4.69, 9.17) is 0 Å². The van der Waals surface area contributed by atoms with Crippen LogP contribution >= 0.6 is 0 Å². The van der Waals surface area contributed by atoms with E-state index in [-0.39, 0.29) is 29.2 Å². The number of nitrogens with zero attached hydrogens (tertiary/aromatic N) is 1. The first-order valence-corrected chi connectivity index (χ1v) is 10.3. The van der Waals surface area contributed by atoms with Crippen LogP contribution in [0.1, 0.15) is 51.4 Å². The minimum absolute atomic E-state index is 0.0488. The van der Waals surface area contributed by atoms with Crippen LogP contribution in [0.2, 0.25) is 0 Å². The number of amides is 2. The van der Waals surface area contributed by atoms with Crippen LogP contribution in [0.4, 0.5) is 5.69 Å². The zero-order valence-electron chi connectivity index (χ0n) is 16.8. The van der Waals surface area contributed by atoms with Crippen LogP contribution in [0.5, 0.6) is 0 Å². The molecule has 1 fully saturated rings. The molecule has 152 valence electrons. The summed E-state index contributed by atoms with van der Waals surface area (Å²) in [5.41, 5.74) is 3.86. The molecular formula is C26H19NO4. The Morgan fingerprint density at radius 3 is 2.03 bits per heavy atom. The Kier molecular flexibility index (Phi) is 3.45. The summed E-state index contributed by atoms with van der Waals surface area (Å²) in [5.74, 6) is -2.56. The molecule has 0 radical (unpaired) electrons. The molecule has 2 bridgehead atoms. The molecule has 5 heteroatoms. The molecule has 7 rings (SSSR count). The molecule has 0 saturated carbocycles. The number of carbonyl (C=O) groups excluding carboxylic acids is 2. The second kappa shape index (κ2) is 5.91. The normalized spacial score (nSPS) is 27.6. The van der Waals surface area contributed by atoms with Gasteiger partial charge in [-0.25, -0.2) is 9.69 Å². The molecule has 1 saturated heterocycles. The molecule has 1 aliphatic heterocycles. The number of aromatic carboxylic acids is 1. The number of hydrogen-bond donors (Lipinski definition) is 1. The van der Waals surface area contributed by atoms with E-state index in [2.05, 4.69) is 24.3 Å². The van der Waals surface area contributed by atoms with Crippen molar-refractivity contribution in [1.82, 2.24) is 0 Å². The maximum absolute atomic E-state index is 13.9. The highest BCUT2D eigenvalue weighted by Crippen LogP contribution is 2.67. The zero-order chi connectivity index (χ0) is 21.5. The summed E-state index contributed by atoms with van der Waals surface area (Å²) >= 11 is 0. The van der Waals surface area contributed by atoms with Crippen molar-refractivity contribution >= 4 is 23.5 Å². The second-order valence-corrected chi connectivity index (χ2v) is 8.76. The second-order valence-electron chi connectivity index (χ2n) is 8.76. The van der Waals surface area contributed by atoms with E-state index in [0.29, 0.717) is 5.69 Å². The third kappa shape index (κ3) is 2.08. The lowest BCUT2D eigenvalue weighted by Crippen LogP contribution is -2.49. The highest BCUT2D eigenvalue weighted by molar-refractivity contribution is 6.25. The Hall–Kier alpha value is -3.73. The van der Waals surface area contributed by atoms with Crippen molar-refractivity contribution in [2.45, 2.75) is 18.8 Å². The molecule has 1 heterocycles. The van der Waals surface area contributed by atoms with Gasteiger partial charge in [-0.1, -0.05) is 54.6 Å². The smallest absolute Gasteiger partial charge is 0.335 e. The lowest BCUT2D eigenvalue weighted by Gasteiger charge is -2.51. The minimum atomic E-state index is -1.09. The lowest BCUT2D eigenvalue weighted by atomic mass is 9.48. The van der Waals surface area contributed by atoms with E-state index in [1.807, 2.05) is 31.2 Å². The summed E-state index contributed by atoms with van der Waals surface area (Å²) in [5, 5.41) is 9.38. The molecule has 2 amide bonds. The van der Waals surface area contributed by atoms with Crippen LogP contribution in [-0.2, 0) is 9.59 Å². The molecule has 4 aliphatic rings. The molecule has 3 aromatic rings. The fraction of sp³-hybridized carbons (Fsp3) is 0.192. The van der Waals surface area contributed by atoms with Gasteiger partial charge >= 0.3 is 5.97 Å². The summed E-state index contributed by atoms with van der Waals surface area (Å²) in [7, 11) is 0. The van der Waals surface area contributed by atoms with Gasteiger partial charge in [-0.15, -0.1) is 0 Å². The van der Waals surface area contributed by atoms with Gasteiger partial charge in [-0.3, -0.25) is 9.59 Å². The zero-order valence-corrected chi connectivity index (χ0v) is 16.8. The van der Waals surface area contributed by atoms with Crippen LogP contribution in [-0.4, -0.2) is 22.9 Å². The third-order valence-corrected chi connectivity index (χ3v) is 7.36. The quantitative estimate of drug-likeness (QED) is 0.645. The van der Waals surface area contributed by atoms with Crippen LogP contribution in [0, 0.1) is 11.3 Å². The van der Waals surface area contributed by atoms with Gasteiger partial charge in [0.2, 0.25) is 11.8 Å². The molecule has 0 aromatic heterocycles. The first-order chi connectivity index (χ1) is 14.9. The minimum Gasteiger partial charge on any atom is -0.478 e. The Morgan fingerprint density at radius 2 is 1.45 bits per heavy atom. The monoisotopic (exact) mass is 409 g/mol. The van der Waals surface area contributed by atoms with Gasteiger partial charge in [-0.05, 0) is 47.4 Å². The highest BCUT2D eigenvalue weighted by atomic mass is 16.4. The van der Waals surface area contributed by atoms with Crippen molar-refractivity contribution in [1.29, 1.82) is 0 Å². The SMILES string of the molecule is C[C@]12C(=O)N(c3cccc(C(=O)O)c3)C(=O)[C@@H]1C1c3ccccc3C2c2ccccc21. The molecule has 31 heavy (non-hydrogen) atoms. The topological polar surface area (TPSA) is 74.7 Å². The molecule has 1 N–H and O–H groups in total. The van der Waals surface area contributed by atoms with Gasteiger partial charge < -0.3 is 5.11 Å². The number of carbonyl (C=O) groups is 3. The summed E-state index contributed by atoms with van der Waals surface area (Å²) in [6.45, 7) is 1.91. The predicted octanol–water partition coefficient (Wildman–Crippen LogP) is 4.17. The average Bonchev–Trinajstić information content (AvgIpc) is 2.99. The molecule has 5 nitrogen and oxygen atoms in total. The maximum atomic E-state index is 13.9. The first kappa shape index (κ1) is 18.1. The lowest BCUT2D eigenvalue weighted by molar-refractivity contribution is -0.128. The van der Waals surface area contributed by atoms with E-state index in [0.717, 1.165) is 22.3 Å². The largest absolute Gasteiger partial charge is 0.478 e. The number of hydrogen-bond acceptors (Lipinski definition) is 3. The van der Waals surface area contributed by atoms with Crippen LogP contribution in [0.3, 0.4) is 0 Å². The number of carboxylic acids is 1. The van der Waals surface area contributed by atoms with Gasteiger partial charge in [0.1, 0.15) is 0 Å². The molecular weight excluding hydrogens is 390 g/mol. The Bertz CT molecular complexity index is 1260. The van der Waals surface area contributed by atoms with E-state index < -0.39 is 17.3 Å². The molecule has 0 unspecified atom stereocenters. The van der Waals surface area contributed by atoms with Crippen molar-refractivity contribution in [3.8, 4) is 0 Å². The molecule has 2 atom stereocenters. The maximum Gasteiger partial charge on any atom is 0.335 e. The third-order valence-electron chi connectivity index (χ3n) is 7.36.